The summed E-state index contributed by atoms with van der Waals surface area (Å²) >= 11 is 6.84. The predicted octanol–water partition coefficient (Wildman–Crippen LogP) is 3.37. The zero-order valence-electron chi connectivity index (χ0n) is 9.99. The minimum Gasteiger partial charge on any atom is -0.370 e. The molecule has 0 aromatic carbocycles. The lowest BCUT2D eigenvalue weighted by atomic mass is 10.2. The van der Waals surface area contributed by atoms with E-state index in [1.807, 2.05) is 0 Å². The third-order valence-electron chi connectivity index (χ3n) is 2.00. The maximum Gasteiger partial charge on any atom is 0.198 e. The standard InChI is InChI=1S/C11H16ClN3OS/c1-3-4-5-6-13-10-7-9(12)14-11(15-10)17-8(2)16/h7H,3-6H2,1-2H3,(H,13,14,15). The van der Waals surface area contributed by atoms with Crippen LogP contribution >= 0.6 is 23.4 Å². The molecule has 94 valence electrons. The summed E-state index contributed by atoms with van der Waals surface area (Å²) in [4.78, 5) is 19.1. The van der Waals surface area contributed by atoms with Gasteiger partial charge in [-0.1, -0.05) is 31.4 Å². The van der Waals surface area contributed by atoms with E-state index in [-0.39, 0.29) is 5.12 Å². The molecule has 1 heterocycles. The first-order valence-electron chi connectivity index (χ1n) is 5.58. The van der Waals surface area contributed by atoms with Gasteiger partial charge in [0.15, 0.2) is 10.3 Å². The van der Waals surface area contributed by atoms with Crippen LogP contribution in [0, 0.1) is 0 Å². The van der Waals surface area contributed by atoms with Crippen LogP contribution in [0.15, 0.2) is 11.2 Å². The molecule has 0 aliphatic carbocycles. The molecule has 0 bridgehead atoms. The van der Waals surface area contributed by atoms with Crippen LogP contribution < -0.4 is 5.32 Å². The number of anilines is 1. The second-order valence-electron chi connectivity index (χ2n) is 3.59. The number of rotatable bonds is 6. The smallest absolute Gasteiger partial charge is 0.198 e. The van der Waals surface area contributed by atoms with Gasteiger partial charge in [0.1, 0.15) is 11.0 Å². The first-order chi connectivity index (χ1) is 8.11. The highest BCUT2D eigenvalue weighted by Crippen LogP contribution is 2.19. The summed E-state index contributed by atoms with van der Waals surface area (Å²) in [6.45, 7) is 4.48. The molecule has 1 rings (SSSR count). The average molecular weight is 274 g/mol. The molecule has 0 spiro atoms. The molecule has 0 saturated carbocycles. The van der Waals surface area contributed by atoms with Crippen LogP contribution in [0.25, 0.3) is 0 Å². The highest BCUT2D eigenvalue weighted by atomic mass is 35.5. The van der Waals surface area contributed by atoms with E-state index < -0.39 is 0 Å². The normalized spacial score (nSPS) is 10.3. The number of halogens is 1. The number of carbonyl (C=O) groups excluding carboxylic acids is 1. The molecule has 0 atom stereocenters. The SMILES string of the molecule is CCCCCNc1cc(Cl)nc(SC(C)=O)n1. The van der Waals surface area contributed by atoms with Crippen LogP contribution in [0.4, 0.5) is 5.82 Å². The van der Waals surface area contributed by atoms with E-state index >= 15 is 0 Å². The quantitative estimate of drug-likeness (QED) is 0.373. The largest absolute Gasteiger partial charge is 0.370 e. The van der Waals surface area contributed by atoms with Crippen molar-refractivity contribution in [3.63, 3.8) is 0 Å². The van der Waals surface area contributed by atoms with Crippen molar-refractivity contribution in [2.45, 2.75) is 38.3 Å². The summed E-state index contributed by atoms with van der Waals surface area (Å²) in [5.41, 5.74) is 0. The molecule has 0 fully saturated rings. The third-order valence-corrected chi connectivity index (χ3v) is 2.84. The number of hydrogen-bond acceptors (Lipinski definition) is 5. The molecule has 0 aliphatic rings. The summed E-state index contributed by atoms with van der Waals surface area (Å²) in [6.07, 6.45) is 3.45. The van der Waals surface area contributed by atoms with Gasteiger partial charge in [0.25, 0.3) is 0 Å². The van der Waals surface area contributed by atoms with Crippen molar-refractivity contribution in [2.24, 2.45) is 0 Å². The molecule has 1 aromatic heterocycles. The lowest BCUT2D eigenvalue weighted by Crippen LogP contribution is -2.04. The number of unbranched alkanes of at least 4 members (excludes halogenated alkanes) is 2. The summed E-state index contributed by atoms with van der Waals surface area (Å²) in [5, 5.41) is 3.86. The fraction of sp³-hybridized carbons (Fsp3) is 0.545. The fourth-order valence-corrected chi connectivity index (χ4v) is 2.03. The Labute approximate surface area is 111 Å². The Morgan fingerprint density at radius 3 is 2.88 bits per heavy atom. The van der Waals surface area contributed by atoms with E-state index in [1.54, 1.807) is 6.07 Å². The van der Waals surface area contributed by atoms with Gasteiger partial charge < -0.3 is 5.32 Å². The van der Waals surface area contributed by atoms with Crippen molar-refractivity contribution in [1.82, 2.24) is 9.97 Å². The fourth-order valence-electron chi connectivity index (χ4n) is 1.25. The molecule has 0 unspecified atom stereocenters. The van der Waals surface area contributed by atoms with Gasteiger partial charge in [0, 0.05) is 19.5 Å². The number of nitrogens with one attached hydrogen (secondary N) is 1. The van der Waals surface area contributed by atoms with E-state index in [4.69, 9.17) is 11.6 Å². The molecule has 0 radical (unpaired) electrons. The molecular formula is C11H16ClN3OS. The second-order valence-corrected chi connectivity index (χ2v) is 5.12. The zero-order chi connectivity index (χ0) is 12.7. The Hall–Kier alpha value is -0.810. The molecule has 17 heavy (non-hydrogen) atoms. The molecular weight excluding hydrogens is 258 g/mol. The maximum absolute atomic E-state index is 11.0. The monoisotopic (exact) mass is 273 g/mol. The highest BCUT2D eigenvalue weighted by Gasteiger charge is 2.06. The van der Waals surface area contributed by atoms with Gasteiger partial charge >= 0.3 is 0 Å². The number of carbonyl (C=O) groups is 1. The van der Waals surface area contributed by atoms with Crippen LogP contribution in [0.1, 0.15) is 33.1 Å². The molecule has 1 aromatic rings. The topological polar surface area (TPSA) is 54.9 Å². The van der Waals surface area contributed by atoms with Gasteiger partial charge in [-0.15, -0.1) is 0 Å². The minimum atomic E-state index is -0.0517. The highest BCUT2D eigenvalue weighted by molar-refractivity contribution is 8.13. The lowest BCUT2D eigenvalue weighted by Gasteiger charge is -2.06. The van der Waals surface area contributed by atoms with Gasteiger partial charge in [-0.2, -0.15) is 0 Å². The van der Waals surface area contributed by atoms with E-state index in [9.17, 15) is 4.79 Å². The maximum atomic E-state index is 11.0. The van der Waals surface area contributed by atoms with E-state index in [1.165, 1.54) is 19.8 Å². The molecule has 1 N–H and O–H groups in total. The van der Waals surface area contributed by atoms with Crippen LogP contribution in [-0.4, -0.2) is 21.6 Å². The van der Waals surface area contributed by atoms with E-state index in [0.717, 1.165) is 24.7 Å². The molecule has 6 heteroatoms. The Morgan fingerprint density at radius 1 is 1.47 bits per heavy atom. The second kappa shape index (κ2) is 7.50. The lowest BCUT2D eigenvalue weighted by molar-refractivity contribution is -0.109. The van der Waals surface area contributed by atoms with Gasteiger partial charge in [-0.25, -0.2) is 9.97 Å². The zero-order valence-corrected chi connectivity index (χ0v) is 11.6. The Bertz CT molecular complexity index is 387. The number of nitrogens with zero attached hydrogens (tertiary/aromatic N) is 2. The van der Waals surface area contributed by atoms with Crippen LogP contribution in [0.3, 0.4) is 0 Å². The first-order valence-corrected chi connectivity index (χ1v) is 6.78. The van der Waals surface area contributed by atoms with Crippen molar-refractivity contribution in [3.8, 4) is 0 Å². The van der Waals surface area contributed by atoms with E-state index in [0.29, 0.717) is 16.1 Å². The first kappa shape index (κ1) is 14.3. The summed E-state index contributed by atoms with van der Waals surface area (Å²) < 4.78 is 0. The van der Waals surface area contributed by atoms with Gasteiger partial charge in [-0.3, -0.25) is 4.79 Å². The number of hydrogen-bond donors (Lipinski definition) is 1. The van der Waals surface area contributed by atoms with Crippen LogP contribution in [0.2, 0.25) is 5.15 Å². The van der Waals surface area contributed by atoms with Gasteiger partial charge in [0.05, 0.1) is 0 Å². The van der Waals surface area contributed by atoms with Crippen LogP contribution in [0.5, 0.6) is 0 Å². The molecule has 0 amide bonds. The van der Waals surface area contributed by atoms with Crippen molar-refractivity contribution < 1.29 is 4.79 Å². The predicted molar refractivity (Wildman–Crippen MR) is 71.6 cm³/mol. The molecule has 4 nitrogen and oxygen atoms in total. The third kappa shape index (κ3) is 5.89. The van der Waals surface area contributed by atoms with E-state index in [2.05, 4.69) is 22.2 Å². The van der Waals surface area contributed by atoms with Crippen molar-refractivity contribution >= 4 is 34.3 Å². The van der Waals surface area contributed by atoms with Gasteiger partial charge in [-0.05, 0) is 18.2 Å². The summed E-state index contributed by atoms with van der Waals surface area (Å²) in [6, 6.07) is 1.66. The summed E-state index contributed by atoms with van der Waals surface area (Å²) in [7, 11) is 0. The van der Waals surface area contributed by atoms with Crippen molar-refractivity contribution in [1.29, 1.82) is 0 Å². The van der Waals surface area contributed by atoms with Gasteiger partial charge in [0.2, 0.25) is 0 Å². The Balaban J connectivity index is 2.59. The van der Waals surface area contributed by atoms with Crippen molar-refractivity contribution in [3.05, 3.63) is 11.2 Å². The average Bonchev–Trinajstić information content (AvgIpc) is 2.22. The Morgan fingerprint density at radius 2 is 2.24 bits per heavy atom. The minimum absolute atomic E-state index is 0.0517. The molecule has 0 aliphatic heterocycles. The molecule has 0 saturated heterocycles. The van der Waals surface area contributed by atoms with Crippen molar-refractivity contribution in [2.75, 3.05) is 11.9 Å². The Kier molecular flexibility index (Phi) is 6.29. The number of thioether (sulfide) groups is 1. The number of aromatic nitrogens is 2. The summed E-state index contributed by atoms with van der Waals surface area (Å²) in [5.74, 6) is 0.671. The van der Waals surface area contributed by atoms with Crippen LogP contribution in [-0.2, 0) is 4.79 Å².